The molecule has 1 aliphatic rings. The fraction of sp³-hybridized carbons (Fsp3) is 0.417. The number of phenolic OH excluding ortho intramolecular Hbond substituents is 1. The van der Waals surface area contributed by atoms with Gasteiger partial charge in [0.2, 0.25) is 6.08 Å². The Morgan fingerprint density at radius 2 is 2.19 bits per heavy atom. The van der Waals surface area contributed by atoms with Crippen molar-refractivity contribution in [3.63, 3.8) is 0 Å². The molecule has 1 aliphatic carbocycles. The zero-order valence-electron chi connectivity index (χ0n) is 8.96. The molecule has 1 fully saturated rings. The molecule has 0 amide bonds. The van der Waals surface area contributed by atoms with Crippen molar-refractivity contribution < 1.29 is 9.90 Å². The van der Waals surface area contributed by atoms with Crippen LogP contribution < -0.4 is 0 Å². The van der Waals surface area contributed by atoms with Crippen molar-refractivity contribution in [3.05, 3.63) is 27.7 Å². The van der Waals surface area contributed by atoms with E-state index in [2.05, 4.69) is 20.9 Å². The standard InChI is InChI=1S/C12H12BrNO2/c1-8-3-4-9(11(16)10(8)13)12(14-7-15)5-2-6-12/h3-4,16H,2,5-6H2,1H3. The van der Waals surface area contributed by atoms with Crippen LogP contribution in [0.5, 0.6) is 5.75 Å². The van der Waals surface area contributed by atoms with E-state index in [1.165, 1.54) is 0 Å². The highest BCUT2D eigenvalue weighted by Crippen LogP contribution is 2.49. The number of phenols is 1. The van der Waals surface area contributed by atoms with Gasteiger partial charge in [0.05, 0.1) is 4.47 Å². The lowest BCUT2D eigenvalue weighted by Crippen LogP contribution is -2.32. The van der Waals surface area contributed by atoms with Gasteiger partial charge in [-0.1, -0.05) is 12.1 Å². The van der Waals surface area contributed by atoms with E-state index in [1.54, 1.807) is 6.08 Å². The first-order valence-electron chi connectivity index (χ1n) is 5.18. The molecule has 0 aromatic heterocycles. The summed E-state index contributed by atoms with van der Waals surface area (Å²) in [5.74, 6) is 0.193. The lowest BCUT2D eigenvalue weighted by molar-refractivity contribution is 0.247. The van der Waals surface area contributed by atoms with Gasteiger partial charge in [-0.25, -0.2) is 4.79 Å². The summed E-state index contributed by atoms with van der Waals surface area (Å²) >= 11 is 3.34. The van der Waals surface area contributed by atoms with Crippen molar-refractivity contribution in [2.24, 2.45) is 4.99 Å². The molecule has 0 spiro atoms. The van der Waals surface area contributed by atoms with E-state index in [9.17, 15) is 9.90 Å². The van der Waals surface area contributed by atoms with Crippen molar-refractivity contribution >= 4 is 22.0 Å². The van der Waals surface area contributed by atoms with Crippen LogP contribution in [0.2, 0.25) is 0 Å². The Hall–Kier alpha value is -1.12. The van der Waals surface area contributed by atoms with Crippen LogP contribution in [0.4, 0.5) is 0 Å². The van der Waals surface area contributed by atoms with E-state index in [0.717, 1.165) is 30.4 Å². The maximum atomic E-state index is 10.5. The summed E-state index contributed by atoms with van der Waals surface area (Å²) in [6, 6.07) is 3.76. The molecule has 1 saturated carbocycles. The topological polar surface area (TPSA) is 49.7 Å². The van der Waals surface area contributed by atoms with Gasteiger partial charge in [-0.2, -0.15) is 4.99 Å². The Morgan fingerprint density at radius 3 is 2.69 bits per heavy atom. The van der Waals surface area contributed by atoms with Gasteiger partial charge in [0.25, 0.3) is 0 Å². The molecule has 1 aromatic carbocycles. The normalized spacial score (nSPS) is 17.4. The smallest absolute Gasteiger partial charge is 0.235 e. The fourth-order valence-corrected chi connectivity index (χ4v) is 2.43. The van der Waals surface area contributed by atoms with Gasteiger partial charge in [0, 0.05) is 5.56 Å². The van der Waals surface area contributed by atoms with E-state index in [4.69, 9.17) is 0 Å². The Balaban J connectivity index is 2.55. The number of carbonyl (C=O) groups excluding carboxylic acids is 1. The van der Waals surface area contributed by atoms with Gasteiger partial charge in [-0.3, -0.25) is 0 Å². The molecule has 0 aliphatic heterocycles. The third kappa shape index (κ3) is 1.58. The Labute approximate surface area is 102 Å². The van der Waals surface area contributed by atoms with Gasteiger partial charge in [-0.05, 0) is 47.7 Å². The van der Waals surface area contributed by atoms with Crippen LogP contribution in [0, 0.1) is 6.92 Å². The number of rotatable bonds is 2. The maximum absolute atomic E-state index is 10.5. The number of aryl methyl sites for hydroxylation is 1. The summed E-state index contributed by atoms with van der Waals surface area (Å²) in [6.45, 7) is 1.91. The molecule has 3 nitrogen and oxygen atoms in total. The highest BCUT2D eigenvalue weighted by atomic mass is 79.9. The van der Waals surface area contributed by atoms with Crippen LogP contribution in [0.15, 0.2) is 21.6 Å². The van der Waals surface area contributed by atoms with E-state index in [0.29, 0.717) is 4.47 Å². The van der Waals surface area contributed by atoms with E-state index < -0.39 is 5.54 Å². The predicted octanol–water partition coefficient (Wildman–Crippen LogP) is 3.18. The fourth-order valence-electron chi connectivity index (χ4n) is 2.08. The van der Waals surface area contributed by atoms with Gasteiger partial charge < -0.3 is 5.11 Å². The molecule has 0 heterocycles. The van der Waals surface area contributed by atoms with Crippen molar-refractivity contribution in [1.29, 1.82) is 0 Å². The summed E-state index contributed by atoms with van der Waals surface area (Å²) in [4.78, 5) is 14.3. The lowest BCUT2D eigenvalue weighted by Gasteiger charge is -2.37. The summed E-state index contributed by atoms with van der Waals surface area (Å²) < 4.78 is 0.678. The third-order valence-electron chi connectivity index (χ3n) is 3.25. The molecule has 0 atom stereocenters. The number of aromatic hydroxyl groups is 1. The molecule has 0 unspecified atom stereocenters. The van der Waals surface area contributed by atoms with Crippen LogP contribution in [0.25, 0.3) is 0 Å². The average Bonchev–Trinajstić information content (AvgIpc) is 2.21. The minimum absolute atomic E-state index is 0.193. The molecule has 0 bridgehead atoms. The second kappa shape index (κ2) is 4.04. The number of aliphatic imine (C=N–C) groups is 1. The molecule has 4 heteroatoms. The van der Waals surface area contributed by atoms with Gasteiger partial charge >= 0.3 is 0 Å². The van der Waals surface area contributed by atoms with Crippen molar-refractivity contribution in [2.75, 3.05) is 0 Å². The first-order valence-corrected chi connectivity index (χ1v) is 5.97. The molecule has 0 radical (unpaired) electrons. The first-order chi connectivity index (χ1) is 7.60. The first kappa shape index (κ1) is 11.4. The van der Waals surface area contributed by atoms with Crippen LogP contribution in [0.1, 0.15) is 30.4 Å². The van der Waals surface area contributed by atoms with E-state index in [-0.39, 0.29) is 5.75 Å². The molecule has 2 rings (SSSR count). The highest BCUT2D eigenvalue weighted by Gasteiger charge is 2.41. The van der Waals surface area contributed by atoms with Gasteiger partial charge in [0.1, 0.15) is 11.3 Å². The Morgan fingerprint density at radius 1 is 1.50 bits per heavy atom. The molecule has 0 saturated heterocycles. The van der Waals surface area contributed by atoms with Crippen LogP contribution in [-0.4, -0.2) is 11.2 Å². The van der Waals surface area contributed by atoms with Gasteiger partial charge in [0.15, 0.2) is 0 Å². The quantitative estimate of drug-likeness (QED) is 0.669. The number of halogens is 1. The third-order valence-corrected chi connectivity index (χ3v) is 4.25. The Kier molecular flexibility index (Phi) is 2.87. The number of nitrogens with zero attached hydrogens (tertiary/aromatic N) is 1. The number of hydrogen-bond acceptors (Lipinski definition) is 3. The van der Waals surface area contributed by atoms with E-state index in [1.807, 2.05) is 19.1 Å². The predicted molar refractivity (Wildman–Crippen MR) is 64.2 cm³/mol. The SMILES string of the molecule is Cc1ccc(C2(N=C=O)CCC2)c(O)c1Br. The summed E-state index contributed by atoms with van der Waals surface area (Å²) in [7, 11) is 0. The second-order valence-electron chi connectivity index (χ2n) is 4.18. The summed E-state index contributed by atoms with van der Waals surface area (Å²) in [5, 5.41) is 10.1. The largest absolute Gasteiger partial charge is 0.506 e. The molecular weight excluding hydrogens is 270 g/mol. The van der Waals surface area contributed by atoms with Crippen molar-refractivity contribution in [3.8, 4) is 5.75 Å². The Bertz CT molecular complexity index is 474. The van der Waals surface area contributed by atoms with Crippen LogP contribution >= 0.6 is 15.9 Å². The molecular formula is C12H12BrNO2. The molecule has 16 heavy (non-hydrogen) atoms. The molecule has 1 aromatic rings. The summed E-state index contributed by atoms with van der Waals surface area (Å²) in [6.07, 6.45) is 4.24. The average molecular weight is 282 g/mol. The van der Waals surface area contributed by atoms with Crippen molar-refractivity contribution in [1.82, 2.24) is 0 Å². The number of hydrogen-bond donors (Lipinski definition) is 1. The van der Waals surface area contributed by atoms with Gasteiger partial charge in [-0.15, -0.1) is 0 Å². The minimum Gasteiger partial charge on any atom is -0.506 e. The number of isocyanates is 1. The monoisotopic (exact) mass is 281 g/mol. The van der Waals surface area contributed by atoms with Crippen LogP contribution in [-0.2, 0) is 10.3 Å². The zero-order valence-corrected chi connectivity index (χ0v) is 10.5. The maximum Gasteiger partial charge on any atom is 0.235 e. The van der Waals surface area contributed by atoms with E-state index >= 15 is 0 Å². The molecule has 1 N–H and O–H groups in total. The zero-order chi connectivity index (χ0) is 11.8. The van der Waals surface area contributed by atoms with Crippen LogP contribution in [0.3, 0.4) is 0 Å². The number of benzene rings is 1. The highest BCUT2D eigenvalue weighted by molar-refractivity contribution is 9.10. The second-order valence-corrected chi connectivity index (χ2v) is 4.97. The minimum atomic E-state index is -0.540. The summed E-state index contributed by atoms with van der Waals surface area (Å²) in [5.41, 5.74) is 1.15. The molecule has 84 valence electrons. The lowest BCUT2D eigenvalue weighted by atomic mass is 9.72. The van der Waals surface area contributed by atoms with Crippen molar-refractivity contribution in [2.45, 2.75) is 31.7 Å².